The normalized spacial score (nSPS) is 13.3. The Morgan fingerprint density at radius 2 is 1.94 bits per heavy atom. The smallest absolute Gasteiger partial charge is 0.174 e. The number of aryl methyl sites for hydroxylation is 3. The second-order valence-electron chi connectivity index (χ2n) is 8.10. The molecule has 0 spiro atoms. The Morgan fingerprint density at radius 3 is 2.72 bits per heavy atom. The zero-order valence-electron chi connectivity index (χ0n) is 18.5. The molecule has 5 nitrogen and oxygen atoms in total. The van der Waals surface area contributed by atoms with E-state index in [1.165, 1.54) is 40.4 Å². The number of hydrogen-bond donors (Lipinski definition) is 0. The Morgan fingerprint density at radius 1 is 1.16 bits per heavy atom. The molecule has 0 atom stereocenters. The van der Waals surface area contributed by atoms with Gasteiger partial charge in [0, 0.05) is 32.9 Å². The van der Waals surface area contributed by atoms with Crippen molar-refractivity contribution >= 4 is 39.1 Å². The van der Waals surface area contributed by atoms with E-state index in [4.69, 9.17) is 4.74 Å². The van der Waals surface area contributed by atoms with Gasteiger partial charge in [-0.05, 0) is 75.4 Å². The van der Waals surface area contributed by atoms with Gasteiger partial charge in [0.25, 0.3) is 0 Å². The van der Waals surface area contributed by atoms with Gasteiger partial charge in [-0.3, -0.25) is 4.79 Å². The van der Waals surface area contributed by atoms with E-state index in [-0.39, 0.29) is 5.78 Å². The van der Waals surface area contributed by atoms with Crippen molar-refractivity contribution in [2.45, 2.75) is 44.6 Å². The summed E-state index contributed by atoms with van der Waals surface area (Å²) in [6.07, 6.45) is 6.32. The van der Waals surface area contributed by atoms with Gasteiger partial charge >= 0.3 is 0 Å². The molecule has 0 saturated heterocycles. The first-order valence-electron chi connectivity index (χ1n) is 10.8. The fourth-order valence-corrected chi connectivity index (χ4v) is 6.76. The Balaban J connectivity index is 1.40. The number of nitrogens with zero attached hydrogens (tertiary/aromatic N) is 3. The van der Waals surface area contributed by atoms with Crippen LogP contribution in [0, 0.1) is 13.8 Å². The lowest BCUT2D eigenvalue weighted by molar-refractivity contribution is 0.102. The molecule has 5 rings (SSSR count). The lowest BCUT2D eigenvalue weighted by Gasteiger charge is -2.11. The highest BCUT2D eigenvalue weighted by molar-refractivity contribution is 8.00. The van der Waals surface area contributed by atoms with Crippen molar-refractivity contribution in [2.24, 2.45) is 0 Å². The minimum atomic E-state index is 0.124. The lowest BCUT2D eigenvalue weighted by Crippen LogP contribution is -2.06. The van der Waals surface area contributed by atoms with Gasteiger partial charge in [0.2, 0.25) is 0 Å². The Kier molecular flexibility index (Phi) is 5.78. The highest BCUT2D eigenvalue weighted by atomic mass is 32.2. The van der Waals surface area contributed by atoms with Gasteiger partial charge in [-0.15, -0.1) is 11.3 Å². The summed E-state index contributed by atoms with van der Waals surface area (Å²) >= 11 is 3.33. The molecular weight excluding hydrogens is 438 g/mol. The largest absolute Gasteiger partial charge is 0.497 e. The minimum Gasteiger partial charge on any atom is -0.497 e. The zero-order valence-corrected chi connectivity index (χ0v) is 20.1. The molecule has 0 saturated carbocycles. The first kappa shape index (κ1) is 21.2. The molecule has 0 aliphatic heterocycles. The summed E-state index contributed by atoms with van der Waals surface area (Å²) in [5.74, 6) is 1.30. The predicted molar refractivity (Wildman–Crippen MR) is 131 cm³/mol. The van der Waals surface area contributed by atoms with Crippen molar-refractivity contribution in [1.29, 1.82) is 0 Å². The molecule has 0 fully saturated rings. The Bertz CT molecular complexity index is 1310. The number of thiophene rings is 1. The number of fused-ring (bicyclic) bond motifs is 3. The fourth-order valence-electron chi connectivity index (χ4n) is 4.56. The van der Waals surface area contributed by atoms with E-state index in [2.05, 4.69) is 14.5 Å². The van der Waals surface area contributed by atoms with Gasteiger partial charge in [0.1, 0.15) is 21.9 Å². The number of thioether (sulfide) groups is 1. The van der Waals surface area contributed by atoms with Gasteiger partial charge in [0.15, 0.2) is 5.78 Å². The van der Waals surface area contributed by atoms with E-state index in [9.17, 15) is 4.79 Å². The number of methoxy groups -OCH3 is 1. The van der Waals surface area contributed by atoms with E-state index in [1.54, 1.807) is 24.8 Å². The highest BCUT2D eigenvalue weighted by Crippen LogP contribution is 2.39. The summed E-state index contributed by atoms with van der Waals surface area (Å²) in [5.41, 5.74) is 5.19. The Labute approximate surface area is 195 Å². The van der Waals surface area contributed by atoms with Gasteiger partial charge in [-0.1, -0.05) is 11.8 Å². The maximum atomic E-state index is 13.2. The predicted octanol–water partition coefficient (Wildman–Crippen LogP) is 5.96. The fraction of sp³-hybridized carbons (Fsp3) is 0.320. The number of ether oxygens (including phenoxy) is 1. The molecule has 7 heteroatoms. The monoisotopic (exact) mass is 463 g/mol. The third-order valence-corrected chi connectivity index (χ3v) is 8.31. The quantitative estimate of drug-likeness (QED) is 0.201. The number of benzene rings is 1. The van der Waals surface area contributed by atoms with Crippen LogP contribution >= 0.6 is 23.1 Å². The molecule has 1 aliphatic carbocycles. The number of aromatic nitrogens is 3. The van der Waals surface area contributed by atoms with Gasteiger partial charge in [-0.25, -0.2) is 9.97 Å². The maximum absolute atomic E-state index is 13.2. The van der Waals surface area contributed by atoms with Crippen molar-refractivity contribution in [2.75, 3.05) is 12.9 Å². The van der Waals surface area contributed by atoms with Crippen LogP contribution in [0.25, 0.3) is 15.9 Å². The van der Waals surface area contributed by atoms with Crippen LogP contribution < -0.4 is 4.74 Å². The van der Waals surface area contributed by atoms with Crippen LogP contribution in [0.1, 0.15) is 45.0 Å². The average molecular weight is 464 g/mol. The van der Waals surface area contributed by atoms with Crippen LogP contribution in [0.3, 0.4) is 0 Å². The second-order valence-corrected chi connectivity index (χ2v) is 10.1. The van der Waals surface area contributed by atoms with Crippen molar-refractivity contribution in [1.82, 2.24) is 14.5 Å². The summed E-state index contributed by atoms with van der Waals surface area (Å²) in [6.45, 7) is 4.04. The van der Waals surface area contributed by atoms with Crippen LogP contribution in [0.5, 0.6) is 5.75 Å². The summed E-state index contributed by atoms with van der Waals surface area (Å²) in [7, 11) is 1.66. The molecule has 4 aromatic rings. The van der Waals surface area contributed by atoms with E-state index in [0.717, 1.165) is 51.1 Å². The van der Waals surface area contributed by atoms with E-state index in [0.29, 0.717) is 5.75 Å². The van der Waals surface area contributed by atoms with Crippen LogP contribution in [-0.4, -0.2) is 33.2 Å². The number of Topliss-reactive ketones (excluding diaryl/α,β-unsaturated/α-hetero) is 1. The van der Waals surface area contributed by atoms with Crippen molar-refractivity contribution in [3.8, 4) is 11.4 Å². The Hall–Kier alpha value is -2.64. The molecule has 3 aromatic heterocycles. The third kappa shape index (κ3) is 3.73. The molecule has 1 aromatic carbocycles. The average Bonchev–Trinajstić information content (AvgIpc) is 3.34. The van der Waals surface area contributed by atoms with Crippen molar-refractivity contribution in [3.05, 3.63) is 64.1 Å². The van der Waals surface area contributed by atoms with E-state index < -0.39 is 0 Å². The highest BCUT2D eigenvalue weighted by Gasteiger charge is 2.22. The van der Waals surface area contributed by atoms with Gasteiger partial charge < -0.3 is 9.30 Å². The van der Waals surface area contributed by atoms with Crippen molar-refractivity contribution < 1.29 is 9.53 Å². The van der Waals surface area contributed by atoms with Crippen LogP contribution in [-0.2, 0) is 12.8 Å². The zero-order chi connectivity index (χ0) is 22.2. The summed E-state index contributed by atoms with van der Waals surface area (Å²) < 4.78 is 7.39. The molecule has 0 N–H and O–H groups in total. The maximum Gasteiger partial charge on any atom is 0.174 e. The molecule has 0 unspecified atom stereocenters. The number of carbonyl (C=O) groups is 1. The molecule has 0 bridgehead atoms. The molecule has 164 valence electrons. The molecule has 1 aliphatic rings. The van der Waals surface area contributed by atoms with Gasteiger partial charge in [0.05, 0.1) is 12.9 Å². The second kappa shape index (κ2) is 8.71. The minimum absolute atomic E-state index is 0.124. The number of hydrogen-bond acceptors (Lipinski definition) is 6. The van der Waals surface area contributed by atoms with Crippen LogP contribution in [0.4, 0.5) is 0 Å². The summed E-state index contributed by atoms with van der Waals surface area (Å²) in [6, 6.07) is 9.89. The number of rotatable bonds is 6. The summed E-state index contributed by atoms with van der Waals surface area (Å²) in [5, 5.41) is 2.11. The van der Waals surface area contributed by atoms with E-state index >= 15 is 0 Å². The summed E-state index contributed by atoms with van der Waals surface area (Å²) in [4.78, 5) is 24.8. The topological polar surface area (TPSA) is 57.0 Å². The molecular formula is C25H25N3O2S2. The SMILES string of the molecule is COc1ccc(-n2c(C)cc(C(=O)CSc3ncnc4sc5c(c34)CCCC5)c2C)cc1. The van der Waals surface area contributed by atoms with Crippen LogP contribution in [0.15, 0.2) is 41.7 Å². The molecule has 3 heterocycles. The molecule has 32 heavy (non-hydrogen) atoms. The molecule has 0 radical (unpaired) electrons. The van der Waals surface area contributed by atoms with Gasteiger partial charge in [-0.2, -0.15) is 0 Å². The first-order valence-corrected chi connectivity index (χ1v) is 12.6. The van der Waals surface area contributed by atoms with Crippen LogP contribution in [0.2, 0.25) is 0 Å². The third-order valence-electron chi connectivity index (χ3n) is 6.12. The first-order chi connectivity index (χ1) is 15.6. The standard InChI is InChI=1S/C25H25N3O2S2/c1-15-12-20(16(2)28(15)17-8-10-18(30-3)11-9-17)21(29)13-31-24-23-19-6-4-5-7-22(19)32-25(23)27-14-26-24/h8-12,14H,4-7,13H2,1-3H3. The van der Waals surface area contributed by atoms with E-state index in [1.807, 2.05) is 44.2 Å². The molecule has 0 amide bonds. The number of ketones is 1. The number of carbonyl (C=O) groups excluding carboxylic acids is 1. The lowest BCUT2D eigenvalue weighted by atomic mass is 9.97. The van der Waals surface area contributed by atoms with Crippen molar-refractivity contribution in [3.63, 3.8) is 0 Å².